The second-order valence-electron chi connectivity index (χ2n) is 3.42. The molecule has 88 valence electrons. The van der Waals surface area contributed by atoms with E-state index in [2.05, 4.69) is 10.3 Å². The number of aliphatic hydroxyl groups excluding tert-OH is 1. The maximum Gasteiger partial charge on any atom is 0.244 e. The topological polar surface area (TPSA) is 62.2 Å². The number of aryl methyl sites for hydroxylation is 1. The quantitative estimate of drug-likeness (QED) is 0.764. The van der Waals surface area contributed by atoms with Crippen LogP contribution in [0.1, 0.15) is 24.0 Å². The van der Waals surface area contributed by atoms with E-state index in [4.69, 9.17) is 5.11 Å². The van der Waals surface area contributed by atoms with Crippen molar-refractivity contribution in [3.63, 3.8) is 0 Å². The summed E-state index contributed by atoms with van der Waals surface area (Å²) in [6.45, 7) is 3.79. The molecule has 1 atom stereocenters. The molecule has 0 saturated carbocycles. The average Bonchev–Trinajstić information content (AvgIpc) is 2.69. The molecule has 0 bridgehead atoms. The van der Waals surface area contributed by atoms with Gasteiger partial charge in [0, 0.05) is 11.5 Å². The number of thiazole rings is 1. The minimum Gasteiger partial charge on any atom is -0.394 e. The molecule has 1 aromatic rings. The number of hydrogen-bond acceptors (Lipinski definition) is 4. The van der Waals surface area contributed by atoms with Gasteiger partial charge in [0.2, 0.25) is 5.91 Å². The first-order valence-electron chi connectivity index (χ1n) is 5.17. The van der Waals surface area contributed by atoms with Crippen molar-refractivity contribution in [1.82, 2.24) is 10.3 Å². The zero-order valence-corrected chi connectivity index (χ0v) is 10.3. The van der Waals surface area contributed by atoms with Gasteiger partial charge in [0.25, 0.3) is 0 Å². The van der Waals surface area contributed by atoms with Gasteiger partial charge < -0.3 is 10.4 Å². The number of amides is 1. The fourth-order valence-corrected chi connectivity index (χ4v) is 1.72. The summed E-state index contributed by atoms with van der Waals surface area (Å²) < 4.78 is 0. The Morgan fingerprint density at radius 3 is 3.00 bits per heavy atom. The van der Waals surface area contributed by atoms with Crippen LogP contribution in [0.15, 0.2) is 11.5 Å². The van der Waals surface area contributed by atoms with E-state index in [1.807, 2.05) is 19.2 Å². The number of rotatable bonds is 5. The molecule has 0 unspecified atom stereocenters. The van der Waals surface area contributed by atoms with E-state index in [1.54, 1.807) is 17.4 Å². The molecule has 16 heavy (non-hydrogen) atoms. The van der Waals surface area contributed by atoms with Crippen LogP contribution < -0.4 is 5.32 Å². The van der Waals surface area contributed by atoms with Gasteiger partial charge in [0.15, 0.2) is 0 Å². The third-order valence-electron chi connectivity index (χ3n) is 2.10. The highest BCUT2D eigenvalue weighted by molar-refractivity contribution is 7.09. The number of nitrogens with one attached hydrogen (secondary N) is 1. The highest BCUT2D eigenvalue weighted by Gasteiger charge is 2.05. The van der Waals surface area contributed by atoms with Crippen LogP contribution in [0, 0.1) is 6.92 Å². The van der Waals surface area contributed by atoms with E-state index in [9.17, 15) is 4.79 Å². The summed E-state index contributed by atoms with van der Waals surface area (Å²) in [6, 6.07) is -0.172. The third-order valence-corrected chi connectivity index (χ3v) is 2.89. The fourth-order valence-electron chi connectivity index (χ4n) is 1.14. The van der Waals surface area contributed by atoms with Crippen molar-refractivity contribution < 1.29 is 9.90 Å². The maximum atomic E-state index is 11.4. The summed E-state index contributed by atoms with van der Waals surface area (Å²) in [7, 11) is 0. The van der Waals surface area contributed by atoms with Crippen LogP contribution in [0.4, 0.5) is 0 Å². The first-order chi connectivity index (χ1) is 7.65. The van der Waals surface area contributed by atoms with Crippen LogP contribution in [0.3, 0.4) is 0 Å². The number of hydrogen-bond donors (Lipinski definition) is 2. The highest BCUT2D eigenvalue weighted by Crippen LogP contribution is 2.08. The monoisotopic (exact) mass is 240 g/mol. The Balaban J connectivity index is 2.48. The molecule has 5 heteroatoms. The van der Waals surface area contributed by atoms with Gasteiger partial charge in [-0.2, -0.15) is 0 Å². The number of carbonyl (C=O) groups is 1. The SMILES string of the molecule is CC[C@@H](CO)NC(=O)/C=C/c1csc(C)n1. The molecule has 1 heterocycles. The molecule has 0 radical (unpaired) electrons. The molecule has 1 amide bonds. The van der Waals surface area contributed by atoms with Crippen molar-refractivity contribution in [2.75, 3.05) is 6.61 Å². The summed E-state index contributed by atoms with van der Waals surface area (Å²) in [6.07, 6.45) is 3.82. The Kier molecular flexibility index (Phi) is 5.14. The smallest absolute Gasteiger partial charge is 0.244 e. The van der Waals surface area contributed by atoms with Crippen molar-refractivity contribution >= 4 is 23.3 Å². The predicted octanol–water partition coefficient (Wildman–Crippen LogP) is 1.35. The second kappa shape index (κ2) is 6.40. The van der Waals surface area contributed by atoms with E-state index < -0.39 is 0 Å². The van der Waals surface area contributed by atoms with Gasteiger partial charge in [0.1, 0.15) is 0 Å². The summed E-state index contributed by atoms with van der Waals surface area (Å²) in [4.78, 5) is 15.6. The molecule has 4 nitrogen and oxygen atoms in total. The van der Waals surface area contributed by atoms with Gasteiger partial charge in [-0.3, -0.25) is 4.79 Å². The Bertz CT molecular complexity index is 370. The Morgan fingerprint density at radius 2 is 2.50 bits per heavy atom. The molecular formula is C11H16N2O2S. The zero-order valence-electron chi connectivity index (χ0n) is 9.43. The van der Waals surface area contributed by atoms with Crippen molar-refractivity contribution in [2.24, 2.45) is 0 Å². The zero-order chi connectivity index (χ0) is 12.0. The van der Waals surface area contributed by atoms with Gasteiger partial charge in [-0.25, -0.2) is 4.98 Å². The Labute approximate surface area is 99.0 Å². The van der Waals surface area contributed by atoms with Gasteiger partial charge >= 0.3 is 0 Å². The van der Waals surface area contributed by atoms with Crippen LogP contribution in [0.25, 0.3) is 6.08 Å². The van der Waals surface area contributed by atoms with E-state index in [-0.39, 0.29) is 18.6 Å². The van der Waals surface area contributed by atoms with Crippen molar-refractivity contribution in [3.8, 4) is 0 Å². The van der Waals surface area contributed by atoms with Crippen molar-refractivity contribution in [2.45, 2.75) is 26.3 Å². The second-order valence-corrected chi connectivity index (χ2v) is 4.48. The Hall–Kier alpha value is -1.20. The molecular weight excluding hydrogens is 224 g/mol. The predicted molar refractivity (Wildman–Crippen MR) is 65.2 cm³/mol. The lowest BCUT2D eigenvalue weighted by molar-refractivity contribution is -0.117. The molecule has 0 aliphatic heterocycles. The first-order valence-corrected chi connectivity index (χ1v) is 6.05. The Morgan fingerprint density at radius 1 is 1.75 bits per heavy atom. The molecule has 0 fully saturated rings. The molecule has 2 N–H and O–H groups in total. The van der Waals surface area contributed by atoms with Gasteiger partial charge in [-0.15, -0.1) is 11.3 Å². The van der Waals surface area contributed by atoms with E-state index >= 15 is 0 Å². The molecule has 1 aromatic heterocycles. The molecule has 0 saturated heterocycles. The average molecular weight is 240 g/mol. The van der Waals surface area contributed by atoms with E-state index in [1.165, 1.54) is 6.08 Å². The molecule has 0 aromatic carbocycles. The lowest BCUT2D eigenvalue weighted by atomic mass is 10.2. The van der Waals surface area contributed by atoms with Crippen molar-refractivity contribution in [3.05, 3.63) is 22.2 Å². The number of carbonyl (C=O) groups excluding carboxylic acids is 1. The van der Waals surface area contributed by atoms with Crippen LogP contribution in [0.5, 0.6) is 0 Å². The van der Waals surface area contributed by atoms with Crippen LogP contribution in [-0.4, -0.2) is 28.6 Å². The molecule has 1 rings (SSSR count). The van der Waals surface area contributed by atoms with Crippen LogP contribution in [-0.2, 0) is 4.79 Å². The van der Waals surface area contributed by atoms with E-state index in [0.717, 1.165) is 10.7 Å². The fraction of sp³-hybridized carbons (Fsp3) is 0.455. The van der Waals surface area contributed by atoms with Gasteiger partial charge in [-0.05, 0) is 19.4 Å². The molecule has 0 aliphatic carbocycles. The lowest BCUT2D eigenvalue weighted by Gasteiger charge is -2.11. The van der Waals surface area contributed by atoms with Crippen LogP contribution >= 0.6 is 11.3 Å². The maximum absolute atomic E-state index is 11.4. The first kappa shape index (κ1) is 12.9. The minimum atomic E-state index is -0.202. The standard InChI is InChI=1S/C11H16N2O2S/c1-3-9(6-14)13-11(15)5-4-10-7-16-8(2)12-10/h4-5,7,9,14H,3,6H2,1-2H3,(H,13,15)/b5-4+/t9-/m0/s1. The molecule has 0 spiro atoms. The number of aliphatic hydroxyl groups is 1. The number of nitrogens with zero attached hydrogens (tertiary/aromatic N) is 1. The summed E-state index contributed by atoms with van der Waals surface area (Å²) in [5.41, 5.74) is 0.787. The lowest BCUT2D eigenvalue weighted by Crippen LogP contribution is -2.35. The third kappa shape index (κ3) is 4.12. The summed E-state index contributed by atoms with van der Waals surface area (Å²) in [5.74, 6) is -0.202. The largest absolute Gasteiger partial charge is 0.394 e. The minimum absolute atomic E-state index is 0.0358. The normalized spacial score (nSPS) is 12.9. The van der Waals surface area contributed by atoms with Gasteiger partial charge in [0.05, 0.1) is 23.4 Å². The molecule has 0 aliphatic rings. The van der Waals surface area contributed by atoms with Crippen LogP contribution in [0.2, 0.25) is 0 Å². The highest BCUT2D eigenvalue weighted by atomic mass is 32.1. The van der Waals surface area contributed by atoms with Crippen molar-refractivity contribution in [1.29, 1.82) is 0 Å². The van der Waals surface area contributed by atoms with Gasteiger partial charge in [-0.1, -0.05) is 6.92 Å². The van der Waals surface area contributed by atoms with E-state index in [0.29, 0.717) is 6.42 Å². The summed E-state index contributed by atoms with van der Waals surface area (Å²) >= 11 is 1.54. The summed E-state index contributed by atoms with van der Waals surface area (Å²) in [5, 5.41) is 14.5. The number of aromatic nitrogens is 1.